The Balaban J connectivity index is 3.31. The zero-order chi connectivity index (χ0) is 9.56. The Hall–Kier alpha value is -1.04. The van der Waals surface area contributed by atoms with Gasteiger partial charge in [0, 0.05) is 6.54 Å². The molecule has 12 heavy (non-hydrogen) atoms. The van der Waals surface area contributed by atoms with Gasteiger partial charge in [-0.3, -0.25) is 9.59 Å². The molecule has 0 aliphatic rings. The summed E-state index contributed by atoms with van der Waals surface area (Å²) in [6.45, 7) is 0.482. The number of amides is 1. The third kappa shape index (κ3) is 5.73. The van der Waals surface area contributed by atoms with Gasteiger partial charge in [0.25, 0.3) is 0 Å². The van der Waals surface area contributed by atoms with E-state index in [1.165, 1.54) is 7.85 Å². The first-order valence-electron chi connectivity index (χ1n) is 3.77. The molecule has 0 aliphatic carbocycles. The Labute approximate surface area is 71.7 Å². The van der Waals surface area contributed by atoms with Gasteiger partial charge in [-0.05, 0) is 12.8 Å². The first-order valence-corrected chi connectivity index (χ1v) is 3.77. The Morgan fingerprint density at radius 3 is 2.58 bits per heavy atom. The summed E-state index contributed by atoms with van der Waals surface area (Å²) in [7, 11) is 1.41. The summed E-state index contributed by atoms with van der Waals surface area (Å²) in [5, 5.41) is 10.9. The van der Waals surface area contributed by atoms with Crippen LogP contribution < -0.4 is 11.1 Å². The Bertz CT molecular complexity index is 174. The second kappa shape index (κ2) is 5.59. The van der Waals surface area contributed by atoms with Gasteiger partial charge in [0.1, 0.15) is 6.04 Å². The monoisotopic (exact) mass is 172 g/mol. The number of nitrogens with one attached hydrogen (secondary N) is 1. The largest absolute Gasteiger partial charge is 0.480 e. The van der Waals surface area contributed by atoms with E-state index in [1.807, 2.05) is 0 Å². The summed E-state index contributed by atoms with van der Waals surface area (Å²) >= 11 is 0. The molecule has 0 bridgehead atoms. The third-order valence-corrected chi connectivity index (χ3v) is 1.38. The molecule has 6 heteroatoms. The lowest BCUT2D eigenvalue weighted by Crippen LogP contribution is -2.31. The number of rotatable bonds is 5. The summed E-state index contributed by atoms with van der Waals surface area (Å²) in [4.78, 5) is 20.6. The fourth-order valence-corrected chi connectivity index (χ4v) is 0.710. The quantitative estimate of drug-likeness (QED) is 0.348. The molecule has 0 unspecified atom stereocenters. The predicted octanol–water partition coefficient (Wildman–Crippen LogP) is -1.48. The van der Waals surface area contributed by atoms with Gasteiger partial charge in [0.15, 0.2) is 5.81 Å². The minimum Gasteiger partial charge on any atom is -0.480 e. The van der Waals surface area contributed by atoms with Crippen LogP contribution in [0.25, 0.3) is 0 Å². The Kier molecular flexibility index (Phi) is 5.11. The third-order valence-electron chi connectivity index (χ3n) is 1.38. The van der Waals surface area contributed by atoms with Gasteiger partial charge < -0.3 is 16.2 Å². The molecule has 0 fully saturated rings. The minimum absolute atomic E-state index is 0.112. The normalized spacial score (nSPS) is 12.1. The van der Waals surface area contributed by atoms with Crippen LogP contribution in [0.4, 0.5) is 4.79 Å². The molecule has 68 valence electrons. The lowest BCUT2D eigenvalue weighted by Gasteiger charge is -2.05. The molecular formula is C6H13BN2O3. The maximum Gasteiger partial charge on any atom is 0.320 e. The van der Waals surface area contributed by atoms with E-state index in [1.54, 1.807) is 0 Å². The number of hydrogen-bond acceptors (Lipinski definition) is 3. The van der Waals surface area contributed by atoms with Gasteiger partial charge >= 0.3 is 5.97 Å². The van der Waals surface area contributed by atoms with E-state index >= 15 is 0 Å². The molecule has 0 aromatic rings. The standard InChI is InChI=1S/C6H13BN2O3/c7-6(12)9-3-1-2-4(8)5(10)11/h4H,1-3,7-8H2,(H,9,12)(H,10,11)/t4-/m0/s1. The molecule has 0 spiro atoms. The van der Waals surface area contributed by atoms with Crippen LogP contribution in [-0.2, 0) is 4.79 Å². The highest BCUT2D eigenvalue weighted by atomic mass is 16.4. The average Bonchev–Trinajstić information content (AvgIpc) is 1.97. The first-order chi connectivity index (χ1) is 5.54. The summed E-state index contributed by atoms with van der Waals surface area (Å²) in [6.07, 6.45) is 0.975. The van der Waals surface area contributed by atoms with E-state index in [2.05, 4.69) is 5.32 Å². The van der Waals surface area contributed by atoms with Crippen LogP contribution in [0.15, 0.2) is 0 Å². The lowest BCUT2D eigenvalue weighted by atomic mass is 10.1. The van der Waals surface area contributed by atoms with Gasteiger partial charge in [-0.25, -0.2) is 0 Å². The Morgan fingerprint density at radius 2 is 2.17 bits per heavy atom. The van der Waals surface area contributed by atoms with E-state index in [-0.39, 0.29) is 5.81 Å². The van der Waals surface area contributed by atoms with E-state index in [0.29, 0.717) is 19.4 Å². The molecule has 0 saturated carbocycles. The number of nitrogens with two attached hydrogens (primary N) is 1. The molecule has 0 rings (SSSR count). The van der Waals surface area contributed by atoms with Crippen molar-refractivity contribution in [2.45, 2.75) is 18.9 Å². The van der Waals surface area contributed by atoms with Crippen molar-refractivity contribution in [1.82, 2.24) is 5.32 Å². The molecule has 1 amide bonds. The summed E-state index contributed by atoms with van der Waals surface area (Å²) < 4.78 is 0. The highest BCUT2D eigenvalue weighted by molar-refractivity contribution is 6.57. The summed E-state index contributed by atoms with van der Waals surface area (Å²) in [5.41, 5.74) is 5.22. The van der Waals surface area contributed by atoms with Crippen LogP contribution in [0.1, 0.15) is 12.8 Å². The highest BCUT2D eigenvalue weighted by Crippen LogP contribution is 1.92. The maximum absolute atomic E-state index is 10.4. The van der Waals surface area contributed by atoms with Crippen LogP contribution in [-0.4, -0.2) is 37.3 Å². The molecule has 0 aromatic carbocycles. The van der Waals surface area contributed by atoms with Crippen molar-refractivity contribution < 1.29 is 14.7 Å². The zero-order valence-corrected chi connectivity index (χ0v) is 7.04. The zero-order valence-electron chi connectivity index (χ0n) is 7.04. The maximum atomic E-state index is 10.4. The van der Waals surface area contributed by atoms with Gasteiger partial charge in [0.05, 0.1) is 0 Å². The van der Waals surface area contributed by atoms with Crippen LogP contribution in [0.2, 0.25) is 0 Å². The van der Waals surface area contributed by atoms with Crippen molar-refractivity contribution in [1.29, 1.82) is 0 Å². The molecule has 5 nitrogen and oxygen atoms in total. The fraction of sp³-hybridized carbons (Fsp3) is 0.667. The molecule has 4 N–H and O–H groups in total. The molecule has 1 atom stereocenters. The second-order valence-electron chi connectivity index (χ2n) is 2.57. The van der Waals surface area contributed by atoms with Crippen molar-refractivity contribution in [2.24, 2.45) is 5.73 Å². The number of aliphatic carboxylic acids is 1. The molecule has 0 radical (unpaired) electrons. The first kappa shape index (κ1) is 11.0. The van der Waals surface area contributed by atoms with Crippen LogP contribution in [0.3, 0.4) is 0 Å². The van der Waals surface area contributed by atoms with Gasteiger partial charge in [-0.15, -0.1) is 0 Å². The topological polar surface area (TPSA) is 92.4 Å². The number of hydrogen-bond donors (Lipinski definition) is 3. The van der Waals surface area contributed by atoms with E-state index in [0.717, 1.165) is 0 Å². The SMILES string of the molecule is BC(=O)NCCC[C@H](N)C(=O)O. The van der Waals surface area contributed by atoms with Crippen LogP contribution in [0.5, 0.6) is 0 Å². The molecule has 0 saturated heterocycles. The van der Waals surface area contributed by atoms with Gasteiger partial charge in [0.2, 0.25) is 7.85 Å². The number of carbonyl (C=O) groups is 2. The number of carbonyl (C=O) groups excluding carboxylic acids is 1. The summed E-state index contributed by atoms with van der Waals surface area (Å²) in [5.74, 6) is -1.11. The van der Waals surface area contributed by atoms with Crippen molar-refractivity contribution in [3.8, 4) is 0 Å². The fourth-order valence-electron chi connectivity index (χ4n) is 0.710. The molecular weight excluding hydrogens is 159 g/mol. The molecule has 0 aromatic heterocycles. The van der Waals surface area contributed by atoms with Crippen molar-refractivity contribution >= 4 is 19.6 Å². The smallest absolute Gasteiger partial charge is 0.320 e. The van der Waals surface area contributed by atoms with Crippen molar-refractivity contribution in [3.63, 3.8) is 0 Å². The van der Waals surface area contributed by atoms with E-state index in [9.17, 15) is 9.59 Å². The highest BCUT2D eigenvalue weighted by Gasteiger charge is 2.09. The van der Waals surface area contributed by atoms with E-state index in [4.69, 9.17) is 10.8 Å². The minimum atomic E-state index is -1.00. The molecule has 0 aliphatic heterocycles. The number of carboxylic acid groups (broad SMARTS) is 1. The van der Waals surface area contributed by atoms with Crippen LogP contribution in [0, 0.1) is 0 Å². The predicted molar refractivity (Wildman–Crippen MR) is 46.8 cm³/mol. The van der Waals surface area contributed by atoms with Gasteiger partial charge in [-0.2, -0.15) is 0 Å². The molecule has 0 heterocycles. The average molecular weight is 172 g/mol. The van der Waals surface area contributed by atoms with Crippen LogP contribution >= 0.6 is 0 Å². The summed E-state index contributed by atoms with van der Waals surface area (Å²) in [6, 6.07) is -0.821. The van der Waals surface area contributed by atoms with E-state index < -0.39 is 12.0 Å². The number of carboxylic acids is 1. The second-order valence-corrected chi connectivity index (χ2v) is 2.57. The Morgan fingerprint density at radius 1 is 1.58 bits per heavy atom. The van der Waals surface area contributed by atoms with Gasteiger partial charge in [-0.1, -0.05) is 0 Å². The lowest BCUT2D eigenvalue weighted by molar-refractivity contribution is -0.138. The van der Waals surface area contributed by atoms with Crippen molar-refractivity contribution in [2.75, 3.05) is 6.54 Å². The van der Waals surface area contributed by atoms with Crippen molar-refractivity contribution in [3.05, 3.63) is 0 Å².